The average molecular weight is 301 g/mol. The van der Waals surface area contributed by atoms with E-state index in [9.17, 15) is 4.79 Å². The minimum absolute atomic E-state index is 0.532. The predicted octanol–water partition coefficient (Wildman–Crippen LogP) is 2.68. The van der Waals surface area contributed by atoms with Crippen molar-refractivity contribution in [2.75, 3.05) is 11.9 Å². The summed E-state index contributed by atoms with van der Waals surface area (Å²) in [6.45, 7) is 2.46. The van der Waals surface area contributed by atoms with Gasteiger partial charge in [-0.15, -0.1) is 0 Å². The van der Waals surface area contributed by atoms with E-state index >= 15 is 0 Å². The number of nitrogens with zero attached hydrogens (tertiary/aromatic N) is 2. The first-order valence-electron chi connectivity index (χ1n) is 6.73. The number of fused-ring (bicyclic) bond motifs is 3. The number of aliphatic carboxylic acids is 1. The van der Waals surface area contributed by atoms with Crippen molar-refractivity contribution in [2.24, 2.45) is 0 Å². The molecule has 5 nitrogen and oxygen atoms in total. The summed E-state index contributed by atoms with van der Waals surface area (Å²) in [7, 11) is 0. The van der Waals surface area contributed by atoms with Crippen molar-refractivity contribution >= 4 is 23.4 Å². The SMILES string of the molecule is CC(Sc1ncnc2c1CCNc1ccccc1-2)C(=O)O. The molecule has 0 saturated heterocycles. The van der Waals surface area contributed by atoms with E-state index in [1.54, 1.807) is 6.92 Å². The molecular formula is C15H15N3O2S. The van der Waals surface area contributed by atoms with Crippen molar-refractivity contribution in [3.8, 4) is 11.3 Å². The topological polar surface area (TPSA) is 75.1 Å². The van der Waals surface area contributed by atoms with Crippen LogP contribution in [0.15, 0.2) is 35.6 Å². The third-order valence-electron chi connectivity index (χ3n) is 3.41. The fraction of sp³-hybridized carbons (Fsp3) is 0.267. The molecule has 1 unspecified atom stereocenters. The van der Waals surface area contributed by atoms with Gasteiger partial charge in [0.15, 0.2) is 0 Å². The molecule has 1 aromatic heterocycles. The van der Waals surface area contributed by atoms with Gasteiger partial charge in [-0.25, -0.2) is 9.97 Å². The van der Waals surface area contributed by atoms with E-state index in [2.05, 4.69) is 15.3 Å². The van der Waals surface area contributed by atoms with Gasteiger partial charge in [0.1, 0.15) is 16.6 Å². The molecule has 21 heavy (non-hydrogen) atoms. The number of carboxylic acids is 1. The van der Waals surface area contributed by atoms with Crippen LogP contribution in [0.25, 0.3) is 11.3 Å². The predicted molar refractivity (Wildman–Crippen MR) is 82.6 cm³/mol. The highest BCUT2D eigenvalue weighted by Crippen LogP contribution is 2.36. The first-order chi connectivity index (χ1) is 10.2. The lowest BCUT2D eigenvalue weighted by Gasteiger charge is -2.12. The van der Waals surface area contributed by atoms with Gasteiger partial charge < -0.3 is 10.4 Å². The Morgan fingerprint density at radius 3 is 3.00 bits per heavy atom. The molecule has 0 fully saturated rings. The summed E-state index contributed by atoms with van der Waals surface area (Å²) in [5.74, 6) is -0.834. The van der Waals surface area contributed by atoms with Crippen LogP contribution in [-0.4, -0.2) is 32.8 Å². The Bertz CT molecular complexity index is 690. The van der Waals surface area contributed by atoms with Crippen LogP contribution < -0.4 is 5.32 Å². The van der Waals surface area contributed by atoms with Crippen LogP contribution in [0.2, 0.25) is 0 Å². The van der Waals surface area contributed by atoms with Gasteiger partial charge in [0.25, 0.3) is 0 Å². The number of para-hydroxylation sites is 1. The van der Waals surface area contributed by atoms with Crippen LogP contribution in [0.5, 0.6) is 0 Å². The Morgan fingerprint density at radius 1 is 1.38 bits per heavy atom. The molecule has 1 aliphatic rings. The van der Waals surface area contributed by atoms with E-state index < -0.39 is 11.2 Å². The number of benzene rings is 1. The van der Waals surface area contributed by atoms with Crippen LogP contribution in [0, 0.1) is 0 Å². The monoisotopic (exact) mass is 301 g/mol. The molecule has 2 N–H and O–H groups in total. The Balaban J connectivity index is 2.07. The summed E-state index contributed by atoms with van der Waals surface area (Å²) in [6, 6.07) is 8.01. The molecule has 1 aliphatic heterocycles. The first-order valence-corrected chi connectivity index (χ1v) is 7.61. The molecule has 6 heteroatoms. The molecule has 0 spiro atoms. The molecule has 1 atom stereocenters. The Labute approximate surface area is 126 Å². The molecule has 0 aliphatic carbocycles. The first kappa shape index (κ1) is 13.9. The molecule has 108 valence electrons. The Hall–Kier alpha value is -2.08. The standard InChI is InChI=1S/C15H15N3O2S/c1-9(15(19)20)21-14-11-6-7-16-12-5-3-2-4-10(12)13(11)17-8-18-14/h2-5,8-9,16H,6-7H2,1H3,(H,19,20). The maximum atomic E-state index is 11.1. The number of nitrogens with one attached hydrogen (secondary N) is 1. The molecule has 1 aromatic carbocycles. The summed E-state index contributed by atoms with van der Waals surface area (Å²) < 4.78 is 0. The third kappa shape index (κ3) is 2.71. The molecular weight excluding hydrogens is 286 g/mol. The molecule has 0 saturated carbocycles. The highest BCUT2D eigenvalue weighted by Gasteiger charge is 2.22. The van der Waals surface area contributed by atoms with E-state index in [1.807, 2.05) is 24.3 Å². The van der Waals surface area contributed by atoms with Gasteiger partial charge in [0.05, 0.1) is 5.69 Å². The number of carbonyl (C=O) groups is 1. The zero-order chi connectivity index (χ0) is 14.8. The molecule has 0 amide bonds. The number of carboxylic acid groups (broad SMARTS) is 1. The zero-order valence-corrected chi connectivity index (χ0v) is 12.4. The number of aromatic nitrogens is 2. The average Bonchev–Trinajstić information content (AvgIpc) is 2.67. The van der Waals surface area contributed by atoms with Crippen molar-refractivity contribution < 1.29 is 9.90 Å². The van der Waals surface area contributed by atoms with Crippen LogP contribution in [0.3, 0.4) is 0 Å². The smallest absolute Gasteiger partial charge is 0.316 e. The second-order valence-electron chi connectivity index (χ2n) is 4.83. The molecule has 2 aromatic rings. The molecule has 3 rings (SSSR count). The van der Waals surface area contributed by atoms with Crippen LogP contribution >= 0.6 is 11.8 Å². The van der Waals surface area contributed by atoms with Crippen LogP contribution in [-0.2, 0) is 11.2 Å². The largest absolute Gasteiger partial charge is 0.480 e. The van der Waals surface area contributed by atoms with E-state index in [0.717, 1.165) is 40.5 Å². The normalized spacial score (nSPS) is 14.3. The highest BCUT2D eigenvalue weighted by molar-refractivity contribution is 8.00. The quantitative estimate of drug-likeness (QED) is 0.670. The van der Waals surface area contributed by atoms with Gasteiger partial charge in [-0.1, -0.05) is 30.0 Å². The minimum Gasteiger partial charge on any atom is -0.480 e. The molecule has 0 bridgehead atoms. The van der Waals surface area contributed by atoms with Gasteiger partial charge in [-0.05, 0) is 19.4 Å². The number of thioether (sulfide) groups is 1. The molecule has 2 heterocycles. The number of anilines is 1. The summed E-state index contributed by atoms with van der Waals surface area (Å²) in [5.41, 5.74) is 4.01. The summed E-state index contributed by atoms with van der Waals surface area (Å²) in [6.07, 6.45) is 2.29. The van der Waals surface area contributed by atoms with Crippen molar-refractivity contribution in [1.82, 2.24) is 9.97 Å². The summed E-state index contributed by atoms with van der Waals surface area (Å²) >= 11 is 1.27. The lowest BCUT2D eigenvalue weighted by Crippen LogP contribution is -2.13. The summed E-state index contributed by atoms with van der Waals surface area (Å²) in [5, 5.41) is 12.7. The maximum Gasteiger partial charge on any atom is 0.316 e. The minimum atomic E-state index is -0.834. The van der Waals surface area contributed by atoms with Gasteiger partial charge in [-0.2, -0.15) is 0 Å². The number of hydrogen-bond acceptors (Lipinski definition) is 5. The van der Waals surface area contributed by atoms with Crippen molar-refractivity contribution in [3.63, 3.8) is 0 Å². The van der Waals surface area contributed by atoms with Crippen molar-refractivity contribution in [3.05, 3.63) is 36.2 Å². The van der Waals surface area contributed by atoms with Crippen molar-refractivity contribution in [2.45, 2.75) is 23.6 Å². The van der Waals surface area contributed by atoms with Crippen LogP contribution in [0.4, 0.5) is 5.69 Å². The second kappa shape index (κ2) is 5.73. The van der Waals surface area contributed by atoms with E-state index in [1.165, 1.54) is 18.1 Å². The maximum absolute atomic E-state index is 11.1. The lowest BCUT2D eigenvalue weighted by molar-refractivity contribution is -0.136. The Kier molecular flexibility index (Phi) is 3.79. The van der Waals surface area contributed by atoms with Gasteiger partial charge in [0.2, 0.25) is 0 Å². The fourth-order valence-electron chi connectivity index (χ4n) is 2.34. The fourth-order valence-corrected chi connectivity index (χ4v) is 3.22. The van der Waals surface area contributed by atoms with Gasteiger partial charge in [-0.3, -0.25) is 4.79 Å². The number of rotatable bonds is 3. The highest BCUT2D eigenvalue weighted by atomic mass is 32.2. The van der Waals surface area contributed by atoms with E-state index in [4.69, 9.17) is 5.11 Å². The zero-order valence-electron chi connectivity index (χ0n) is 11.5. The van der Waals surface area contributed by atoms with Gasteiger partial charge in [0, 0.05) is 23.4 Å². The third-order valence-corrected chi connectivity index (χ3v) is 4.54. The Morgan fingerprint density at radius 2 is 2.19 bits per heavy atom. The summed E-state index contributed by atoms with van der Waals surface area (Å²) in [4.78, 5) is 19.8. The number of hydrogen-bond donors (Lipinski definition) is 2. The van der Waals surface area contributed by atoms with Gasteiger partial charge >= 0.3 is 5.97 Å². The lowest BCUT2D eigenvalue weighted by atomic mass is 10.1. The van der Waals surface area contributed by atoms with Crippen LogP contribution in [0.1, 0.15) is 12.5 Å². The van der Waals surface area contributed by atoms with E-state index in [-0.39, 0.29) is 0 Å². The van der Waals surface area contributed by atoms with E-state index in [0.29, 0.717) is 0 Å². The molecule has 0 radical (unpaired) electrons. The van der Waals surface area contributed by atoms with Crippen molar-refractivity contribution in [1.29, 1.82) is 0 Å². The second-order valence-corrected chi connectivity index (χ2v) is 6.16.